The fourth-order valence-corrected chi connectivity index (χ4v) is 2.50. The van der Waals surface area contributed by atoms with Crippen molar-refractivity contribution in [3.05, 3.63) is 71.8 Å². The Kier molecular flexibility index (Phi) is 7.68. The summed E-state index contributed by atoms with van der Waals surface area (Å²) in [5, 5.41) is 0. The van der Waals surface area contributed by atoms with E-state index in [0.29, 0.717) is 13.1 Å². The van der Waals surface area contributed by atoms with E-state index in [0.717, 1.165) is 11.1 Å². The molecule has 0 bridgehead atoms. The van der Waals surface area contributed by atoms with Crippen molar-refractivity contribution >= 4 is 12.1 Å². The first-order valence-electron chi connectivity index (χ1n) is 8.84. The highest BCUT2D eigenvalue weighted by Gasteiger charge is 2.27. The van der Waals surface area contributed by atoms with Crippen LogP contribution >= 0.6 is 0 Å². The van der Waals surface area contributed by atoms with Crippen molar-refractivity contribution in [3.63, 3.8) is 0 Å². The summed E-state index contributed by atoms with van der Waals surface area (Å²) in [4.78, 5) is 26.3. The average Bonchev–Trinajstić information content (AvgIpc) is 2.68. The predicted octanol–water partition coefficient (Wildman–Crippen LogP) is 3.82. The van der Waals surface area contributed by atoms with Crippen LogP contribution in [0.2, 0.25) is 0 Å². The monoisotopic (exact) mass is 355 g/mol. The van der Waals surface area contributed by atoms with Crippen LogP contribution in [-0.4, -0.2) is 36.2 Å². The molecule has 0 aliphatic rings. The van der Waals surface area contributed by atoms with Gasteiger partial charge in [-0.2, -0.15) is 0 Å². The van der Waals surface area contributed by atoms with Gasteiger partial charge in [0, 0.05) is 19.5 Å². The molecule has 0 radical (unpaired) electrons. The van der Waals surface area contributed by atoms with Gasteiger partial charge in [-0.3, -0.25) is 0 Å². The number of carbonyl (C=O) groups is 2. The normalized spacial score (nSPS) is 11.5. The smallest absolute Gasteiger partial charge is 0.410 e. The number of esters is 1. The predicted molar refractivity (Wildman–Crippen MR) is 99.6 cm³/mol. The van der Waals surface area contributed by atoms with Crippen LogP contribution in [0.15, 0.2) is 60.7 Å². The van der Waals surface area contributed by atoms with E-state index in [-0.39, 0.29) is 13.0 Å². The molecule has 5 nitrogen and oxygen atoms in total. The second-order valence-corrected chi connectivity index (χ2v) is 5.83. The van der Waals surface area contributed by atoms with Gasteiger partial charge in [-0.15, -0.1) is 0 Å². The minimum Gasteiger partial charge on any atom is -0.458 e. The van der Waals surface area contributed by atoms with Crippen LogP contribution in [0.25, 0.3) is 0 Å². The average molecular weight is 355 g/mol. The quantitative estimate of drug-likeness (QED) is 0.676. The molecule has 0 heterocycles. The second-order valence-electron chi connectivity index (χ2n) is 5.83. The van der Waals surface area contributed by atoms with Gasteiger partial charge in [-0.25, -0.2) is 9.59 Å². The van der Waals surface area contributed by atoms with Gasteiger partial charge < -0.3 is 14.4 Å². The maximum Gasteiger partial charge on any atom is 0.410 e. The molecule has 0 aromatic heterocycles. The molecule has 138 valence electrons. The van der Waals surface area contributed by atoms with E-state index in [1.165, 1.54) is 4.90 Å². The van der Waals surface area contributed by atoms with E-state index in [2.05, 4.69) is 0 Å². The van der Waals surface area contributed by atoms with Gasteiger partial charge in [0.1, 0.15) is 6.61 Å². The summed E-state index contributed by atoms with van der Waals surface area (Å²) in [5.41, 5.74) is 1.79. The first kappa shape index (κ1) is 19.5. The van der Waals surface area contributed by atoms with Crippen LogP contribution in [0, 0.1) is 0 Å². The molecule has 0 saturated carbocycles. The number of amides is 1. The summed E-state index contributed by atoms with van der Waals surface area (Å²) in [7, 11) is 0. The third-order valence-electron chi connectivity index (χ3n) is 4.02. The summed E-state index contributed by atoms with van der Waals surface area (Å²) in [5.74, 6) is -0.543. The van der Waals surface area contributed by atoms with E-state index in [1.807, 2.05) is 74.5 Å². The zero-order valence-electron chi connectivity index (χ0n) is 15.3. The number of ether oxygens (including phenoxy) is 2. The SMILES string of the molecule is CCN(CC)C(=O)O[C@@H](Cc1ccccc1)C(=O)OCc1ccccc1. The highest BCUT2D eigenvalue weighted by atomic mass is 16.6. The fourth-order valence-electron chi connectivity index (χ4n) is 2.50. The molecular weight excluding hydrogens is 330 g/mol. The van der Waals surface area contributed by atoms with Crippen LogP contribution in [-0.2, 0) is 27.3 Å². The van der Waals surface area contributed by atoms with E-state index in [4.69, 9.17) is 9.47 Å². The molecule has 2 rings (SSSR count). The Balaban J connectivity index is 2.05. The van der Waals surface area contributed by atoms with Gasteiger partial charge in [0.15, 0.2) is 0 Å². The van der Waals surface area contributed by atoms with Crippen LogP contribution in [0.3, 0.4) is 0 Å². The molecule has 0 N–H and O–H groups in total. The highest BCUT2D eigenvalue weighted by molar-refractivity contribution is 5.79. The Bertz CT molecular complexity index is 684. The molecule has 0 fully saturated rings. The molecule has 0 aliphatic carbocycles. The maximum atomic E-state index is 12.5. The van der Waals surface area contributed by atoms with E-state index in [9.17, 15) is 9.59 Å². The molecule has 5 heteroatoms. The number of hydrogen-bond acceptors (Lipinski definition) is 4. The standard InChI is InChI=1S/C21H25NO4/c1-3-22(4-2)21(24)26-19(15-17-11-7-5-8-12-17)20(23)25-16-18-13-9-6-10-14-18/h5-14,19H,3-4,15-16H2,1-2H3/t19-/m0/s1. The molecule has 0 aliphatic heterocycles. The Hall–Kier alpha value is -2.82. The Labute approximate surface area is 154 Å². The largest absolute Gasteiger partial charge is 0.458 e. The summed E-state index contributed by atoms with van der Waals surface area (Å²) in [6.45, 7) is 4.92. The molecule has 0 spiro atoms. The van der Waals surface area contributed by atoms with Crippen molar-refractivity contribution < 1.29 is 19.1 Å². The first-order chi connectivity index (χ1) is 12.6. The first-order valence-corrected chi connectivity index (χ1v) is 8.84. The summed E-state index contributed by atoms with van der Waals surface area (Å²) < 4.78 is 10.8. The van der Waals surface area contributed by atoms with Crippen molar-refractivity contribution in [2.45, 2.75) is 33.0 Å². The lowest BCUT2D eigenvalue weighted by molar-refractivity contribution is -0.155. The number of nitrogens with zero attached hydrogens (tertiary/aromatic N) is 1. The Morgan fingerprint density at radius 1 is 0.885 bits per heavy atom. The highest BCUT2D eigenvalue weighted by Crippen LogP contribution is 2.11. The molecule has 2 aromatic carbocycles. The lowest BCUT2D eigenvalue weighted by atomic mass is 10.1. The van der Waals surface area contributed by atoms with Crippen LogP contribution in [0.1, 0.15) is 25.0 Å². The molecule has 0 unspecified atom stereocenters. The zero-order valence-corrected chi connectivity index (χ0v) is 15.3. The minimum atomic E-state index is -0.978. The number of benzene rings is 2. The summed E-state index contributed by atoms with van der Waals surface area (Å²) in [6, 6.07) is 18.9. The van der Waals surface area contributed by atoms with E-state index >= 15 is 0 Å². The van der Waals surface area contributed by atoms with Crippen LogP contribution in [0.4, 0.5) is 4.79 Å². The maximum absolute atomic E-state index is 12.5. The van der Waals surface area contributed by atoms with Gasteiger partial charge in [0.25, 0.3) is 0 Å². The van der Waals surface area contributed by atoms with Crippen molar-refractivity contribution in [1.82, 2.24) is 4.90 Å². The van der Waals surface area contributed by atoms with E-state index in [1.54, 1.807) is 0 Å². The minimum absolute atomic E-state index is 0.147. The molecule has 26 heavy (non-hydrogen) atoms. The topological polar surface area (TPSA) is 55.8 Å². The number of hydrogen-bond donors (Lipinski definition) is 0. The van der Waals surface area contributed by atoms with Crippen molar-refractivity contribution in [2.24, 2.45) is 0 Å². The Morgan fingerprint density at radius 2 is 1.42 bits per heavy atom. The fraction of sp³-hybridized carbons (Fsp3) is 0.333. The lowest BCUT2D eigenvalue weighted by Crippen LogP contribution is -2.38. The van der Waals surface area contributed by atoms with Gasteiger partial charge >= 0.3 is 12.1 Å². The number of rotatable bonds is 8. The van der Waals surface area contributed by atoms with Crippen LogP contribution < -0.4 is 0 Å². The van der Waals surface area contributed by atoms with Crippen molar-refractivity contribution in [2.75, 3.05) is 13.1 Å². The molecule has 1 atom stereocenters. The van der Waals surface area contributed by atoms with Gasteiger partial charge in [0.2, 0.25) is 6.10 Å². The third-order valence-corrected chi connectivity index (χ3v) is 4.02. The molecular formula is C21H25NO4. The summed E-state index contributed by atoms with van der Waals surface area (Å²) >= 11 is 0. The lowest BCUT2D eigenvalue weighted by Gasteiger charge is -2.22. The van der Waals surface area contributed by atoms with Gasteiger partial charge in [-0.05, 0) is 25.0 Å². The zero-order chi connectivity index (χ0) is 18.8. The molecule has 0 saturated heterocycles. The Morgan fingerprint density at radius 3 is 1.96 bits per heavy atom. The van der Waals surface area contributed by atoms with Gasteiger partial charge in [0.05, 0.1) is 0 Å². The van der Waals surface area contributed by atoms with Crippen molar-refractivity contribution in [1.29, 1.82) is 0 Å². The second kappa shape index (κ2) is 10.2. The van der Waals surface area contributed by atoms with Crippen LogP contribution in [0.5, 0.6) is 0 Å². The summed E-state index contributed by atoms with van der Waals surface area (Å²) in [6.07, 6.45) is -1.21. The van der Waals surface area contributed by atoms with Crippen molar-refractivity contribution in [3.8, 4) is 0 Å². The van der Waals surface area contributed by atoms with Gasteiger partial charge in [-0.1, -0.05) is 60.7 Å². The molecule has 2 aromatic rings. The third kappa shape index (κ3) is 5.92. The van der Waals surface area contributed by atoms with E-state index < -0.39 is 18.2 Å². The number of carbonyl (C=O) groups excluding carboxylic acids is 2. The molecule has 1 amide bonds.